The molecule has 0 aromatic carbocycles. The molecule has 0 heterocycles. The van der Waals surface area contributed by atoms with E-state index in [9.17, 15) is 0 Å². The normalized spacial score (nSPS) is 14.5. The second-order valence-electron chi connectivity index (χ2n) is 5.20. The van der Waals surface area contributed by atoms with Crippen LogP contribution in [0.3, 0.4) is 0 Å². The Morgan fingerprint density at radius 2 is 2.05 bits per heavy atom. The van der Waals surface area contributed by atoms with Crippen LogP contribution in [-0.2, 0) is 9.47 Å². The molecule has 0 aliphatic heterocycles. The smallest absolute Gasteiger partial charge is 0.122 e. The maximum absolute atomic E-state index is 5.59. The van der Waals surface area contributed by atoms with Crippen LogP contribution >= 0.6 is 0 Å². The second kappa shape index (κ2) is 12.1. The van der Waals surface area contributed by atoms with Crippen molar-refractivity contribution in [1.29, 1.82) is 0 Å². The number of nitrogens with two attached hydrogens (primary N) is 1. The maximum Gasteiger partial charge on any atom is 0.122 e. The predicted octanol–water partition coefficient (Wildman–Crippen LogP) is 0.777. The molecule has 128 valence electrons. The Morgan fingerprint density at radius 3 is 2.59 bits per heavy atom. The zero-order chi connectivity index (χ0) is 17.0. The van der Waals surface area contributed by atoms with Gasteiger partial charge in [-0.15, -0.1) is 0 Å². The second-order valence-corrected chi connectivity index (χ2v) is 5.20. The van der Waals surface area contributed by atoms with Crippen molar-refractivity contribution in [3.8, 4) is 0 Å². The van der Waals surface area contributed by atoms with E-state index in [1.54, 1.807) is 20.6 Å². The maximum atomic E-state index is 5.59. The Kier molecular flexibility index (Phi) is 11.3. The standard InChI is InChI=1S/C15H31N5O2/c1-13(7-8-21-5)20(4)12-17-11-18-14(2)19(3)10-15(9-16)22-6/h11-13,15H,2,7-10,16H2,1,3-6H3/t13?,15-/m1/s1. The molecule has 0 saturated heterocycles. The van der Waals surface area contributed by atoms with E-state index in [2.05, 4.69) is 23.5 Å². The van der Waals surface area contributed by atoms with Crippen molar-refractivity contribution in [2.75, 3.05) is 48.0 Å². The lowest BCUT2D eigenvalue weighted by atomic mass is 10.2. The molecule has 2 N–H and O–H groups in total. The first kappa shape index (κ1) is 20.6. The van der Waals surface area contributed by atoms with Crippen molar-refractivity contribution in [1.82, 2.24) is 9.80 Å². The summed E-state index contributed by atoms with van der Waals surface area (Å²) in [7, 11) is 7.21. The fraction of sp³-hybridized carbons (Fsp3) is 0.733. The SMILES string of the molecule is C=C(N=CN=CN(C)C(C)CCOC)N(C)C[C@@H](CN)OC. The molecule has 0 aliphatic rings. The fourth-order valence-electron chi connectivity index (χ4n) is 1.60. The number of ether oxygens (including phenoxy) is 2. The van der Waals surface area contributed by atoms with Crippen LogP contribution in [0, 0.1) is 0 Å². The summed E-state index contributed by atoms with van der Waals surface area (Å²) in [6.45, 7) is 7.85. The Hall–Kier alpha value is -1.44. The van der Waals surface area contributed by atoms with Crippen LogP contribution in [0.15, 0.2) is 22.4 Å². The lowest BCUT2D eigenvalue weighted by Crippen LogP contribution is -2.34. The summed E-state index contributed by atoms with van der Waals surface area (Å²) in [5, 5.41) is 0. The highest BCUT2D eigenvalue weighted by molar-refractivity contribution is 5.71. The lowest BCUT2D eigenvalue weighted by molar-refractivity contribution is 0.0865. The number of rotatable bonds is 12. The number of nitrogens with zero attached hydrogens (tertiary/aromatic N) is 4. The minimum atomic E-state index is -0.0341. The molecular weight excluding hydrogens is 282 g/mol. The third-order valence-electron chi connectivity index (χ3n) is 3.47. The zero-order valence-electron chi connectivity index (χ0n) is 14.5. The quantitative estimate of drug-likeness (QED) is 0.425. The molecule has 7 nitrogen and oxygen atoms in total. The van der Waals surface area contributed by atoms with Crippen LogP contribution in [0.4, 0.5) is 0 Å². The van der Waals surface area contributed by atoms with Crippen molar-refractivity contribution in [3.05, 3.63) is 12.4 Å². The van der Waals surface area contributed by atoms with Gasteiger partial charge in [-0.2, -0.15) is 0 Å². The minimum Gasteiger partial charge on any atom is -0.385 e. The minimum absolute atomic E-state index is 0.0341. The molecule has 7 heteroatoms. The van der Waals surface area contributed by atoms with E-state index in [1.807, 2.05) is 23.9 Å². The van der Waals surface area contributed by atoms with Crippen molar-refractivity contribution in [2.24, 2.45) is 15.7 Å². The van der Waals surface area contributed by atoms with E-state index in [4.69, 9.17) is 15.2 Å². The third-order valence-corrected chi connectivity index (χ3v) is 3.47. The van der Waals surface area contributed by atoms with E-state index in [0.717, 1.165) is 13.0 Å². The summed E-state index contributed by atoms with van der Waals surface area (Å²) >= 11 is 0. The van der Waals surface area contributed by atoms with Crippen LogP contribution in [0.1, 0.15) is 13.3 Å². The van der Waals surface area contributed by atoms with Gasteiger partial charge in [0.15, 0.2) is 0 Å². The van der Waals surface area contributed by atoms with Gasteiger partial charge in [0.25, 0.3) is 0 Å². The van der Waals surface area contributed by atoms with Crippen LogP contribution in [0.5, 0.6) is 0 Å². The van der Waals surface area contributed by atoms with Crippen LogP contribution < -0.4 is 5.73 Å². The molecule has 0 spiro atoms. The Bertz CT molecular complexity index is 356. The summed E-state index contributed by atoms with van der Waals surface area (Å²) in [5.41, 5.74) is 5.59. The van der Waals surface area contributed by atoms with E-state index in [1.165, 1.54) is 6.34 Å². The molecule has 0 rings (SSSR count). The number of methoxy groups -OCH3 is 2. The Morgan fingerprint density at radius 1 is 1.36 bits per heavy atom. The molecule has 0 amide bonds. The van der Waals surface area contributed by atoms with Gasteiger partial charge in [-0.25, -0.2) is 9.98 Å². The third kappa shape index (κ3) is 8.76. The monoisotopic (exact) mass is 313 g/mol. The van der Waals surface area contributed by atoms with E-state index in [0.29, 0.717) is 25.0 Å². The van der Waals surface area contributed by atoms with Gasteiger partial charge in [0, 0.05) is 54.1 Å². The highest BCUT2D eigenvalue weighted by atomic mass is 16.5. The molecule has 0 saturated carbocycles. The molecule has 0 aliphatic carbocycles. The topological polar surface area (TPSA) is 75.7 Å². The fourth-order valence-corrected chi connectivity index (χ4v) is 1.60. The van der Waals surface area contributed by atoms with Crippen molar-refractivity contribution < 1.29 is 9.47 Å². The zero-order valence-corrected chi connectivity index (χ0v) is 14.5. The number of hydrogen-bond donors (Lipinski definition) is 1. The molecule has 0 aromatic rings. The molecular formula is C15H31N5O2. The molecule has 0 fully saturated rings. The molecule has 1 unspecified atom stereocenters. The summed E-state index contributed by atoms with van der Waals surface area (Å²) < 4.78 is 10.3. The van der Waals surface area contributed by atoms with Gasteiger partial charge in [-0.05, 0) is 13.3 Å². The molecule has 0 bridgehead atoms. The van der Waals surface area contributed by atoms with Gasteiger partial charge in [-0.1, -0.05) is 6.58 Å². The van der Waals surface area contributed by atoms with E-state index >= 15 is 0 Å². The lowest BCUT2D eigenvalue weighted by Gasteiger charge is -2.23. The first-order valence-electron chi connectivity index (χ1n) is 7.35. The van der Waals surface area contributed by atoms with E-state index < -0.39 is 0 Å². The van der Waals surface area contributed by atoms with Crippen LogP contribution in [0.25, 0.3) is 0 Å². The van der Waals surface area contributed by atoms with Crippen LogP contribution in [-0.4, -0.2) is 82.6 Å². The molecule has 0 radical (unpaired) electrons. The predicted molar refractivity (Wildman–Crippen MR) is 92.3 cm³/mol. The average Bonchev–Trinajstić information content (AvgIpc) is 2.53. The largest absolute Gasteiger partial charge is 0.385 e. The van der Waals surface area contributed by atoms with Gasteiger partial charge in [0.1, 0.15) is 12.2 Å². The van der Waals surface area contributed by atoms with Gasteiger partial charge in [0.05, 0.1) is 12.4 Å². The van der Waals surface area contributed by atoms with Crippen molar-refractivity contribution >= 4 is 12.7 Å². The average molecular weight is 313 g/mol. The van der Waals surface area contributed by atoms with Gasteiger partial charge < -0.3 is 25.0 Å². The van der Waals surface area contributed by atoms with Crippen molar-refractivity contribution in [2.45, 2.75) is 25.5 Å². The van der Waals surface area contributed by atoms with E-state index in [-0.39, 0.29) is 6.10 Å². The Balaban J connectivity index is 4.24. The Labute approximate surface area is 134 Å². The first-order chi connectivity index (χ1) is 10.5. The first-order valence-corrected chi connectivity index (χ1v) is 7.35. The number of likely N-dealkylation sites (N-methyl/N-ethyl adjacent to an activating group) is 1. The summed E-state index contributed by atoms with van der Waals surface area (Å²) in [6, 6.07) is 0.356. The van der Waals surface area contributed by atoms with Crippen molar-refractivity contribution in [3.63, 3.8) is 0 Å². The highest BCUT2D eigenvalue weighted by Gasteiger charge is 2.09. The molecule has 22 heavy (non-hydrogen) atoms. The van der Waals surface area contributed by atoms with Gasteiger partial charge >= 0.3 is 0 Å². The van der Waals surface area contributed by atoms with Gasteiger partial charge in [0.2, 0.25) is 0 Å². The number of aliphatic imine (C=N–C) groups is 2. The summed E-state index contributed by atoms with van der Waals surface area (Å²) in [6.07, 6.45) is 4.15. The summed E-state index contributed by atoms with van der Waals surface area (Å²) in [4.78, 5) is 12.3. The molecule has 0 aromatic heterocycles. The van der Waals surface area contributed by atoms with Gasteiger partial charge in [-0.3, -0.25) is 0 Å². The number of hydrogen-bond acceptors (Lipinski definition) is 5. The summed E-state index contributed by atoms with van der Waals surface area (Å²) in [5.74, 6) is 0.614. The highest BCUT2D eigenvalue weighted by Crippen LogP contribution is 2.02. The molecule has 2 atom stereocenters. The van der Waals surface area contributed by atoms with Crippen LogP contribution in [0.2, 0.25) is 0 Å².